The Morgan fingerprint density at radius 3 is 2.69 bits per heavy atom. The molecule has 0 saturated carbocycles. The van der Waals surface area contributed by atoms with Gasteiger partial charge in [0.1, 0.15) is 5.69 Å². The van der Waals surface area contributed by atoms with Crippen molar-refractivity contribution in [1.29, 1.82) is 0 Å². The van der Waals surface area contributed by atoms with Gasteiger partial charge in [0.15, 0.2) is 0 Å². The zero-order valence-corrected chi connectivity index (χ0v) is 8.90. The van der Waals surface area contributed by atoms with Crippen LogP contribution in [0.4, 0.5) is 0 Å². The Labute approximate surface area is 95.2 Å². The van der Waals surface area contributed by atoms with E-state index in [1.54, 1.807) is 23.6 Å². The first-order chi connectivity index (χ1) is 7.70. The first-order valence-electron chi connectivity index (χ1n) is 4.46. The SMILES string of the molecule is O=C(O)c1ccsc1C(=O)c1ccccn1. The molecule has 2 aromatic heterocycles. The van der Waals surface area contributed by atoms with Crippen LogP contribution >= 0.6 is 11.3 Å². The van der Waals surface area contributed by atoms with E-state index in [9.17, 15) is 9.59 Å². The van der Waals surface area contributed by atoms with E-state index in [1.807, 2.05) is 0 Å². The normalized spacial score (nSPS) is 10.0. The second kappa shape index (κ2) is 4.24. The van der Waals surface area contributed by atoms with Gasteiger partial charge in [0.25, 0.3) is 0 Å². The minimum absolute atomic E-state index is 0.0284. The average Bonchev–Trinajstić information content (AvgIpc) is 2.78. The van der Waals surface area contributed by atoms with Crippen LogP contribution in [0, 0.1) is 0 Å². The van der Waals surface area contributed by atoms with Gasteiger partial charge in [0.05, 0.1) is 10.4 Å². The van der Waals surface area contributed by atoms with Gasteiger partial charge >= 0.3 is 5.97 Å². The van der Waals surface area contributed by atoms with Crippen molar-refractivity contribution in [3.8, 4) is 0 Å². The highest BCUT2D eigenvalue weighted by Gasteiger charge is 2.19. The molecule has 0 bridgehead atoms. The van der Waals surface area contributed by atoms with E-state index in [0.717, 1.165) is 11.3 Å². The number of carboxylic acid groups (broad SMARTS) is 1. The highest BCUT2D eigenvalue weighted by atomic mass is 32.1. The molecule has 0 spiro atoms. The Morgan fingerprint density at radius 1 is 1.25 bits per heavy atom. The molecule has 0 aliphatic heterocycles. The molecule has 80 valence electrons. The van der Waals surface area contributed by atoms with Gasteiger partial charge in [-0.3, -0.25) is 9.78 Å². The molecule has 4 nitrogen and oxygen atoms in total. The Hall–Kier alpha value is -2.01. The molecule has 0 aliphatic carbocycles. The maximum absolute atomic E-state index is 11.9. The molecule has 0 unspecified atom stereocenters. The van der Waals surface area contributed by atoms with Crippen LogP contribution in [0.3, 0.4) is 0 Å². The molecule has 2 rings (SSSR count). The highest BCUT2D eigenvalue weighted by molar-refractivity contribution is 7.12. The third kappa shape index (κ3) is 1.85. The molecule has 1 N–H and O–H groups in total. The van der Waals surface area contributed by atoms with E-state index in [2.05, 4.69) is 4.98 Å². The van der Waals surface area contributed by atoms with Crippen molar-refractivity contribution in [1.82, 2.24) is 4.98 Å². The van der Waals surface area contributed by atoms with Crippen LogP contribution in [0.5, 0.6) is 0 Å². The van der Waals surface area contributed by atoms with Gasteiger partial charge in [-0.1, -0.05) is 6.07 Å². The second-order valence-corrected chi connectivity index (χ2v) is 3.93. The third-order valence-corrected chi connectivity index (χ3v) is 2.91. The van der Waals surface area contributed by atoms with Crippen molar-refractivity contribution in [2.75, 3.05) is 0 Å². The number of aromatic carboxylic acids is 1. The van der Waals surface area contributed by atoms with Crippen molar-refractivity contribution in [2.45, 2.75) is 0 Å². The minimum atomic E-state index is -1.10. The summed E-state index contributed by atoms with van der Waals surface area (Å²) < 4.78 is 0. The number of carbonyl (C=O) groups is 2. The Bertz CT molecular complexity index is 533. The lowest BCUT2D eigenvalue weighted by molar-refractivity contribution is 0.0693. The van der Waals surface area contributed by atoms with E-state index >= 15 is 0 Å². The van der Waals surface area contributed by atoms with E-state index in [1.165, 1.54) is 12.3 Å². The maximum Gasteiger partial charge on any atom is 0.337 e. The summed E-state index contributed by atoms with van der Waals surface area (Å²) in [4.78, 5) is 26.9. The molecule has 0 radical (unpaired) electrons. The molecule has 2 heterocycles. The van der Waals surface area contributed by atoms with Crippen LogP contribution < -0.4 is 0 Å². The zero-order chi connectivity index (χ0) is 11.5. The van der Waals surface area contributed by atoms with Gasteiger partial charge in [-0.05, 0) is 23.6 Å². The molecule has 0 aromatic carbocycles. The predicted octanol–water partition coefficient (Wildman–Crippen LogP) is 2.07. The van der Waals surface area contributed by atoms with Crippen LogP contribution in [0.15, 0.2) is 35.8 Å². The zero-order valence-electron chi connectivity index (χ0n) is 8.08. The van der Waals surface area contributed by atoms with E-state index < -0.39 is 5.97 Å². The van der Waals surface area contributed by atoms with Crippen LogP contribution in [-0.2, 0) is 0 Å². The molecule has 0 amide bonds. The molecular formula is C11H7NO3S. The minimum Gasteiger partial charge on any atom is -0.478 e. The summed E-state index contributed by atoms with van der Waals surface area (Å²) in [6, 6.07) is 6.37. The number of nitrogens with zero attached hydrogens (tertiary/aromatic N) is 1. The first kappa shape index (κ1) is 10.5. The van der Waals surface area contributed by atoms with E-state index in [0.29, 0.717) is 0 Å². The van der Waals surface area contributed by atoms with E-state index in [-0.39, 0.29) is 21.9 Å². The lowest BCUT2D eigenvalue weighted by Crippen LogP contribution is -2.07. The summed E-state index contributed by atoms with van der Waals surface area (Å²) in [5.74, 6) is -1.45. The summed E-state index contributed by atoms with van der Waals surface area (Å²) in [7, 11) is 0. The maximum atomic E-state index is 11.9. The quantitative estimate of drug-likeness (QED) is 0.824. The number of ketones is 1. The summed E-state index contributed by atoms with van der Waals surface area (Å²) in [6.45, 7) is 0. The standard InChI is InChI=1S/C11H7NO3S/c13-9(8-3-1-2-5-12-8)10-7(11(14)15)4-6-16-10/h1-6H,(H,14,15). The number of carbonyl (C=O) groups excluding carboxylic acids is 1. The summed E-state index contributed by atoms with van der Waals surface area (Å²) in [5, 5.41) is 10.5. The fourth-order valence-corrected chi connectivity index (χ4v) is 2.10. The number of hydrogen-bond donors (Lipinski definition) is 1. The average molecular weight is 233 g/mol. The molecule has 0 atom stereocenters. The van der Waals surface area contributed by atoms with Gasteiger partial charge < -0.3 is 5.11 Å². The summed E-state index contributed by atoms with van der Waals surface area (Å²) in [5.41, 5.74) is 0.285. The number of rotatable bonds is 3. The molecule has 16 heavy (non-hydrogen) atoms. The summed E-state index contributed by atoms with van der Waals surface area (Å²) >= 11 is 1.11. The van der Waals surface area contributed by atoms with Crippen LogP contribution in [0.2, 0.25) is 0 Å². The van der Waals surface area contributed by atoms with Gasteiger partial charge in [-0.15, -0.1) is 11.3 Å². The molecule has 0 saturated heterocycles. The topological polar surface area (TPSA) is 67.3 Å². The monoisotopic (exact) mass is 233 g/mol. The van der Waals surface area contributed by atoms with E-state index in [4.69, 9.17) is 5.11 Å². The molecule has 5 heteroatoms. The Balaban J connectivity index is 2.42. The van der Waals surface area contributed by atoms with Crippen LogP contribution in [-0.4, -0.2) is 21.8 Å². The summed E-state index contributed by atoms with van der Waals surface area (Å²) in [6.07, 6.45) is 1.50. The Morgan fingerprint density at radius 2 is 2.06 bits per heavy atom. The van der Waals surface area contributed by atoms with Gasteiger partial charge in [-0.25, -0.2) is 4.79 Å². The molecule has 0 fully saturated rings. The van der Waals surface area contributed by atoms with Crippen molar-refractivity contribution in [3.05, 3.63) is 52.0 Å². The number of thiophene rings is 1. The fraction of sp³-hybridized carbons (Fsp3) is 0. The van der Waals surface area contributed by atoms with Crippen molar-refractivity contribution in [2.24, 2.45) is 0 Å². The van der Waals surface area contributed by atoms with Crippen LogP contribution in [0.1, 0.15) is 25.7 Å². The molecule has 2 aromatic rings. The molecular weight excluding hydrogens is 226 g/mol. The number of aromatic nitrogens is 1. The third-order valence-electron chi connectivity index (χ3n) is 2.00. The Kier molecular flexibility index (Phi) is 2.78. The van der Waals surface area contributed by atoms with Crippen molar-refractivity contribution >= 4 is 23.1 Å². The first-order valence-corrected chi connectivity index (χ1v) is 5.34. The number of pyridine rings is 1. The lowest BCUT2D eigenvalue weighted by atomic mass is 10.1. The van der Waals surface area contributed by atoms with Gasteiger partial charge in [0.2, 0.25) is 5.78 Å². The second-order valence-electron chi connectivity index (χ2n) is 3.01. The van der Waals surface area contributed by atoms with Crippen molar-refractivity contribution < 1.29 is 14.7 Å². The van der Waals surface area contributed by atoms with Crippen molar-refractivity contribution in [3.63, 3.8) is 0 Å². The smallest absolute Gasteiger partial charge is 0.337 e. The highest BCUT2D eigenvalue weighted by Crippen LogP contribution is 2.19. The molecule has 0 aliphatic rings. The largest absolute Gasteiger partial charge is 0.478 e. The van der Waals surface area contributed by atoms with Gasteiger partial charge in [0, 0.05) is 6.20 Å². The lowest BCUT2D eigenvalue weighted by Gasteiger charge is -1.98. The van der Waals surface area contributed by atoms with Crippen LogP contribution in [0.25, 0.3) is 0 Å². The number of carboxylic acids is 1. The predicted molar refractivity (Wildman–Crippen MR) is 58.9 cm³/mol. The number of hydrogen-bond acceptors (Lipinski definition) is 4. The van der Waals surface area contributed by atoms with Gasteiger partial charge in [-0.2, -0.15) is 0 Å². The fourth-order valence-electron chi connectivity index (χ4n) is 1.27.